The molecule has 0 radical (unpaired) electrons. The molecule has 4 saturated carbocycles. The van der Waals surface area contributed by atoms with Gasteiger partial charge in [-0.1, -0.05) is 32.0 Å². The molecule has 6 heteroatoms. The van der Waals surface area contributed by atoms with Gasteiger partial charge in [-0.3, -0.25) is 4.98 Å². The summed E-state index contributed by atoms with van der Waals surface area (Å²) in [5, 5.41) is 21.0. The average molecular weight is 474 g/mol. The van der Waals surface area contributed by atoms with Crippen molar-refractivity contribution in [1.29, 1.82) is 0 Å². The zero-order valence-corrected chi connectivity index (χ0v) is 20.7. The molecular weight excluding hydrogens is 438 g/mol. The summed E-state index contributed by atoms with van der Waals surface area (Å²) in [5.74, 6) is 0.875. The molecule has 6 aliphatic rings. The van der Waals surface area contributed by atoms with Gasteiger partial charge in [0.1, 0.15) is 11.2 Å². The first-order chi connectivity index (χ1) is 16.9. The second-order valence-corrected chi connectivity index (χ2v) is 12.2. The second-order valence-electron chi connectivity index (χ2n) is 12.2. The van der Waals surface area contributed by atoms with Gasteiger partial charge in [0.15, 0.2) is 0 Å². The van der Waals surface area contributed by atoms with Gasteiger partial charge in [0.25, 0.3) is 0 Å². The van der Waals surface area contributed by atoms with Gasteiger partial charge in [0.2, 0.25) is 0 Å². The molecule has 8 rings (SSSR count). The number of nitrogens with zero attached hydrogens (tertiary/aromatic N) is 3. The number of aliphatic hydroxyl groups is 1. The quantitative estimate of drug-likeness (QED) is 0.349. The van der Waals surface area contributed by atoms with Crippen molar-refractivity contribution >= 4 is 22.8 Å². The molecule has 2 spiro atoms. The number of hydrogen-bond acceptors (Lipinski definition) is 6. The molecule has 1 aromatic carbocycles. The van der Waals surface area contributed by atoms with Gasteiger partial charge in [-0.25, -0.2) is 9.78 Å². The van der Waals surface area contributed by atoms with E-state index < -0.39 is 0 Å². The number of benzene rings is 1. The summed E-state index contributed by atoms with van der Waals surface area (Å²) >= 11 is 0. The predicted molar refractivity (Wildman–Crippen MR) is 135 cm³/mol. The Morgan fingerprint density at radius 3 is 2.74 bits per heavy atom. The lowest BCUT2D eigenvalue weighted by Crippen LogP contribution is -2.75. The molecule has 6 fully saturated rings. The van der Waals surface area contributed by atoms with E-state index in [4.69, 9.17) is 14.9 Å². The van der Waals surface area contributed by atoms with Crippen LogP contribution in [-0.2, 0) is 9.78 Å². The van der Waals surface area contributed by atoms with E-state index in [9.17, 15) is 5.11 Å². The Bertz CT molecular complexity index is 1230. The number of fused-ring (bicyclic) bond motifs is 4. The molecule has 2 saturated heterocycles. The molecule has 7 atom stereocenters. The van der Waals surface area contributed by atoms with Gasteiger partial charge < -0.3 is 5.11 Å². The van der Waals surface area contributed by atoms with Crippen LogP contribution in [0, 0.1) is 22.7 Å². The van der Waals surface area contributed by atoms with Crippen LogP contribution < -0.4 is 0 Å². The van der Waals surface area contributed by atoms with Crippen LogP contribution in [0.1, 0.15) is 77.2 Å². The fourth-order valence-electron chi connectivity index (χ4n) is 9.05. The monoisotopic (exact) mass is 473 g/mol. The Balaban J connectivity index is 1.20. The Kier molecular flexibility index (Phi) is 4.69. The third-order valence-electron chi connectivity index (χ3n) is 10.9. The Labute approximate surface area is 206 Å². The van der Waals surface area contributed by atoms with E-state index in [2.05, 4.69) is 30.0 Å². The number of hydrogen-bond donors (Lipinski definition) is 1. The lowest BCUT2D eigenvalue weighted by molar-refractivity contribution is -0.535. The molecular formula is C29H35N3O3. The van der Waals surface area contributed by atoms with Crippen LogP contribution in [0.15, 0.2) is 46.7 Å². The fraction of sp³-hybridized carbons (Fsp3) is 0.621. The molecule has 0 unspecified atom stereocenters. The van der Waals surface area contributed by atoms with Crippen molar-refractivity contribution in [3.63, 3.8) is 0 Å². The highest BCUT2D eigenvalue weighted by Gasteiger charge is 2.75. The number of aromatic nitrogens is 1. The first-order valence-electron chi connectivity index (χ1n) is 13.4. The van der Waals surface area contributed by atoms with Gasteiger partial charge >= 0.3 is 0 Å². The molecule has 4 aliphatic carbocycles. The maximum Gasteiger partial charge on any atom is 0.112 e. The zero-order valence-electron chi connectivity index (χ0n) is 20.7. The number of aliphatic hydroxyl groups excluding tert-OH is 1. The largest absolute Gasteiger partial charge is 0.393 e. The van der Waals surface area contributed by atoms with Crippen LogP contribution in [0.3, 0.4) is 0 Å². The van der Waals surface area contributed by atoms with Crippen molar-refractivity contribution in [2.45, 2.75) is 88.9 Å². The maximum atomic E-state index is 10.5. The molecule has 6 nitrogen and oxygen atoms in total. The fourth-order valence-corrected chi connectivity index (χ4v) is 9.05. The van der Waals surface area contributed by atoms with Crippen LogP contribution in [0.2, 0.25) is 0 Å². The van der Waals surface area contributed by atoms with E-state index in [1.165, 1.54) is 5.71 Å². The molecule has 184 valence electrons. The maximum absolute atomic E-state index is 10.5. The average Bonchev–Trinajstić information content (AvgIpc) is 3.21. The summed E-state index contributed by atoms with van der Waals surface area (Å²) in [7, 11) is 0. The summed E-state index contributed by atoms with van der Waals surface area (Å²) in [5.41, 5.74) is 2.72. The van der Waals surface area contributed by atoms with Crippen LogP contribution >= 0.6 is 0 Å². The highest BCUT2D eigenvalue weighted by molar-refractivity contribution is 5.98. The van der Waals surface area contributed by atoms with Crippen LogP contribution in [0.5, 0.6) is 0 Å². The molecule has 1 aromatic heterocycles. The molecule has 35 heavy (non-hydrogen) atoms. The first kappa shape index (κ1) is 22.1. The van der Waals surface area contributed by atoms with E-state index in [1.54, 1.807) is 0 Å². The van der Waals surface area contributed by atoms with Gasteiger partial charge in [0, 0.05) is 46.0 Å². The third kappa shape index (κ3) is 2.85. The van der Waals surface area contributed by atoms with Gasteiger partial charge in [-0.2, -0.15) is 10.2 Å². The van der Waals surface area contributed by atoms with E-state index in [-0.39, 0.29) is 28.1 Å². The van der Waals surface area contributed by atoms with Crippen LogP contribution in [-0.4, -0.2) is 39.3 Å². The van der Waals surface area contributed by atoms with Crippen molar-refractivity contribution in [2.24, 2.45) is 32.9 Å². The van der Waals surface area contributed by atoms with Crippen LogP contribution in [0.4, 0.5) is 0 Å². The Hall–Kier alpha value is -2.15. The first-order valence-corrected chi connectivity index (χ1v) is 13.4. The third-order valence-corrected chi connectivity index (χ3v) is 10.9. The lowest BCUT2D eigenvalue weighted by atomic mass is 9.41. The number of pyridine rings is 1. The number of rotatable bonds is 2. The summed E-state index contributed by atoms with van der Waals surface area (Å²) < 4.78 is 0. The highest BCUT2D eigenvalue weighted by Crippen LogP contribution is 2.73. The molecule has 2 aromatic rings. The summed E-state index contributed by atoms with van der Waals surface area (Å²) in [6.07, 6.45) is 12.4. The predicted octanol–water partition coefficient (Wildman–Crippen LogP) is 5.62. The van der Waals surface area contributed by atoms with Gasteiger partial charge in [0.05, 0.1) is 17.8 Å². The van der Waals surface area contributed by atoms with Crippen molar-refractivity contribution < 1.29 is 14.9 Å². The SMILES string of the molecule is C[C@]12CC[C@H]3[C@]4(CC[C@]5(C[C@@H](O)CC[C@]35C)OO4)[C@@H]1CC/C2=N\N=C\c1ccnc2ccccc12. The van der Waals surface area contributed by atoms with Crippen molar-refractivity contribution in [3.05, 3.63) is 42.1 Å². The molecule has 2 bridgehead atoms. The van der Waals surface area contributed by atoms with E-state index in [0.717, 1.165) is 67.8 Å². The minimum Gasteiger partial charge on any atom is -0.393 e. The van der Waals surface area contributed by atoms with Crippen molar-refractivity contribution in [1.82, 2.24) is 4.98 Å². The van der Waals surface area contributed by atoms with E-state index in [1.807, 2.05) is 36.7 Å². The van der Waals surface area contributed by atoms with E-state index in [0.29, 0.717) is 18.3 Å². The van der Waals surface area contributed by atoms with Crippen LogP contribution in [0.25, 0.3) is 10.9 Å². The zero-order chi connectivity index (χ0) is 23.9. The highest BCUT2D eigenvalue weighted by atomic mass is 17.2. The number of para-hydroxylation sites is 1. The van der Waals surface area contributed by atoms with E-state index >= 15 is 0 Å². The smallest absolute Gasteiger partial charge is 0.112 e. The standard InChI is InChI=1S/C29H35N3O3/c1-26-12-10-24-27(2)13-9-20(33)17-28(27)14-15-29(24,35-34-28)23(26)7-8-25(26)32-31-18-19-11-16-30-22-6-4-3-5-21(19)22/h3-6,11,16,18,20,23-24,33H,7-10,12-15,17H2,1-2H3/b31-18+,32-25+/t20-,23+,24+,26-,27+,28+,29-/m0/s1. The minimum atomic E-state index is -0.321. The summed E-state index contributed by atoms with van der Waals surface area (Å²) in [6.45, 7) is 4.81. The molecule has 2 aliphatic heterocycles. The summed E-state index contributed by atoms with van der Waals surface area (Å²) in [4.78, 5) is 17.3. The van der Waals surface area contributed by atoms with Gasteiger partial charge in [-0.15, -0.1) is 0 Å². The molecule has 0 amide bonds. The topological polar surface area (TPSA) is 76.3 Å². The molecule has 3 heterocycles. The van der Waals surface area contributed by atoms with Crippen molar-refractivity contribution in [2.75, 3.05) is 0 Å². The van der Waals surface area contributed by atoms with Gasteiger partial charge in [-0.05, 0) is 69.4 Å². The molecule has 1 N–H and O–H groups in total. The lowest BCUT2D eigenvalue weighted by Gasteiger charge is -2.71. The normalized spacial score (nSPS) is 45.6. The second kappa shape index (κ2) is 7.44. The summed E-state index contributed by atoms with van der Waals surface area (Å²) in [6, 6.07) is 10.1. The Morgan fingerprint density at radius 2 is 1.89 bits per heavy atom. The minimum absolute atomic E-state index is 0.0145. The Morgan fingerprint density at radius 1 is 1.00 bits per heavy atom. The van der Waals surface area contributed by atoms with Crippen molar-refractivity contribution in [3.8, 4) is 0 Å².